The average molecular weight is 277 g/mol. The van der Waals surface area contributed by atoms with Crippen molar-refractivity contribution in [2.24, 2.45) is 5.92 Å². The Morgan fingerprint density at radius 1 is 0.750 bits per heavy atom. The summed E-state index contributed by atoms with van der Waals surface area (Å²) in [5, 5.41) is 3.75. The zero-order chi connectivity index (χ0) is 13.4. The summed E-state index contributed by atoms with van der Waals surface area (Å²) < 4.78 is 0. The molecule has 4 fully saturated rings. The second-order valence-corrected chi connectivity index (χ2v) is 7.61. The van der Waals surface area contributed by atoms with Crippen molar-refractivity contribution in [3.63, 3.8) is 0 Å². The van der Waals surface area contributed by atoms with Crippen LogP contribution in [0.25, 0.3) is 0 Å². The maximum Gasteiger partial charge on any atom is 0.0122 e. The summed E-state index contributed by atoms with van der Waals surface area (Å²) in [5.74, 6) is 0.938. The van der Waals surface area contributed by atoms with Crippen molar-refractivity contribution in [3.05, 3.63) is 0 Å². The Labute approximate surface area is 124 Å². The quantitative estimate of drug-likeness (QED) is 0.834. The van der Waals surface area contributed by atoms with Crippen LogP contribution in [0.5, 0.6) is 0 Å². The van der Waals surface area contributed by atoms with Gasteiger partial charge in [0.05, 0.1) is 0 Å². The smallest absolute Gasteiger partial charge is 0.0122 e. The van der Waals surface area contributed by atoms with Gasteiger partial charge in [0.2, 0.25) is 0 Å². The summed E-state index contributed by atoms with van der Waals surface area (Å²) in [5.41, 5.74) is 0. The van der Waals surface area contributed by atoms with E-state index in [1.54, 1.807) is 0 Å². The van der Waals surface area contributed by atoms with Crippen molar-refractivity contribution in [1.29, 1.82) is 0 Å². The molecule has 0 bridgehead atoms. The highest BCUT2D eigenvalue weighted by Crippen LogP contribution is 2.32. The van der Waals surface area contributed by atoms with Gasteiger partial charge in [-0.05, 0) is 83.5 Å². The van der Waals surface area contributed by atoms with Gasteiger partial charge in [0.25, 0.3) is 0 Å². The molecule has 0 amide bonds. The van der Waals surface area contributed by atoms with Crippen LogP contribution in [-0.2, 0) is 0 Å². The van der Waals surface area contributed by atoms with Crippen LogP contribution in [-0.4, -0.2) is 60.6 Å². The Kier molecular flexibility index (Phi) is 4.02. The molecule has 4 rings (SSSR count). The SMILES string of the molecule is C1CNC(C2CCCN(C3CCN4CCCC4C3)C2)C1. The molecule has 4 aliphatic rings. The molecular formula is C17H31N3. The molecule has 0 spiro atoms. The van der Waals surface area contributed by atoms with E-state index < -0.39 is 0 Å². The van der Waals surface area contributed by atoms with Gasteiger partial charge in [-0.2, -0.15) is 0 Å². The fourth-order valence-electron chi connectivity index (χ4n) is 5.35. The Morgan fingerprint density at radius 3 is 2.50 bits per heavy atom. The number of rotatable bonds is 2. The van der Waals surface area contributed by atoms with Gasteiger partial charge in [-0.3, -0.25) is 4.90 Å². The lowest BCUT2D eigenvalue weighted by atomic mass is 9.87. The highest BCUT2D eigenvalue weighted by Gasteiger charge is 2.37. The summed E-state index contributed by atoms with van der Waals surface area (Å²) in [6, 6.07) is 2.67. The number of hydrogen-bond acceptors (Lipinski definition) is 3. The lowest BCUT2D eigenvalue weighted by molar-refractivity contribution is 0.0502. The van der Waals surface area contributed by atoms with Crippen molar-refractivity contribution in [2.75, 3.05) is 32.7 Å². The standard InChI is InChI=1S/C17H31N3/c1-6-17(18-8-1)14-4-2-10-20(13-14)16-7-11-19-9-3-5-15(19)12-16/h14-18H,1-13H2. The molecule has 4 saturated heterocycles. The molecule has 3 nitrogen and oxygen atoms in total. The summed E-state index contributed by atoms with van der Waals surface area (Å²) in [6.07, 6.45) is 11.6. The topological polar surface area (TPSA) is 18.5 Å². The van der Waals surface area contributed by atoms with Crippen molar-refractivity contribution >= 4 is 0 Å². The van der Waals surface area contributed by atoms with E-state index in [2.05, 4.69) is 15.1 Å². The molecule has 4 unspecified atom stereocenters. The largest absolute Gasteiger partial charge is 0.314 e. The molecular weight excluding hydrogens is 246 g/mol. The number of nitrogens with one attached hydrogen (secondary N) is 1. The molecule has 4 heterocycles. The molecule has 4 aliphatic heterocycles. The predicted octanol–water partition coefficient (Wildman–Crippen LogP) is 2.08. The fraction of sp³-hybridized carbons (Fsp3) is 1.00. The fourth-order valence-corrected chi connectivity index (χ4v) is 5.35. The number of hydrogen-bond donors (Lipinski definition) is 1. The summed E-state index contributed by atoms with van der Waals surface area (Å²) in [6.45, 7) is 6.78. The van der Waals surface area contributed by atoms with Crippen LogP contribution in [0.4, 0.5) is 0 Å². The van der Waals surface area contributed by atoms with E-state index in [0.717, 1.165) is 24.0 Å². The van der Waals surface area contributed by atoms with Gasteiger partial charge in [0.1, 0.15) is 0 Å². The Morgan fingerprint density at radius 2 is 1.60 bits per heavy atom. The lowest BCUT2D eigenvalue weighted by Crippen LogP contribution is -2.52. The molecule has 0 aromatic heterocycles. The Balaban J connectivity index is 1.35. The monoisotopic (exact) mass is 277 g/mol. The molecule has 4 atom stereocenters. The maximum atomic E-state index is 3.75. The van der Waals surface area contributed by atoms with Gasteiger partial charge >= 0.3 is 0 Å². The minimum absolute atomic E-state index is 0.837. The molecule has 0 aromatic carbocycles. The van der Waals surface area contributed by atoms with Gasteiger partial charge in [0.15, 0.2) is 0 Å². The van der Waals surface area contributed by atoms with E-state index in [4.69, 9.17) is 0 Å². The van der Waals surface area contributed by atoms with E-state index in [0.29, 0.717) is 0 Å². The molecule has 20 heavy (non-hydrogen) atoms. The van der Waals surface area contributed by atoms with Crippen LogP contribution in [0.3, 0.4) is 0 Å². The Bertz CT molecular complexity index is 326. The number of nitrogens with zero attached hydrogens (tertiary/aromatic N) is 2. The van der Waals surface area contributed by atoms with Crippen molar-refractivity contribution < 1.29 is 0 Å². The van der Waals surface area contributed by atoms with Gasteiger partial charge in [-0.25, -0.2) is 0 Å². The van der Waals surface area contributed by atoms with Crippen LogP contribution >= 0.6 is 0 Å². The van der Waals surface area contributed by atoms with Gasteiger partial charge in [-0.1, -0.05) is 0 Å². The first-order valence-electron chi connectivity index (χ1n) is 9.11. The first kappa shape index (κ1) is 13.5. The molecule has 1 N–H and O–H groups in total. The third-order valence-corrected chi connectivity index (χ3v) is 6.47. The van der Waals surface area contributed by atoms with Crippen LogP contribution in [0.15, 0.2) is 0 Å². The molecule has 0 aromatic rings. The summed E-state index contributed by atoms with van der Waals surface area (Å²) in [4.78, 5) is 5.64. The van der Waals surface area contributed by atoms with E-state index in [-0.39, 0.29) is 0 Å². The van der Waals surface area contributed by atoms with Crippen LogP contribution in [0.2, 0.25) is 0 Å². The van der Waals surface area contributed by atoms with Gasteiger partial charge < -0.3 is 10.2 Å². The average Bonchev–Trinajstić information content (AvgIpc) is 3.18. The molecule has 0 saturated carbocycles. The lowest BCUT2D eigenvalue weighted by Gasteiger charge is -2.45. The zero-order valence-corrected chi connectivity index (χ0v) is 12.9. The van der Waals surface area contributed by atoms with Crippen LogP contribution in [0.1, 0.15) is 51.4 Å². The normalized spacial score (nSPS) is 43.8. The Hall–Kier alpha value is -0.120. The predicted molar refractivity (Wildman–Crippen MR) is 82.9 cm³/mol. The summed E-state index contributed by atoms with van der Waals surface area (Å²) in [7, 11) is 0. The first-order valence-corrected chi connectivity index (χ1v) is 9.11. The van der Waals surface area contributed by atoms with E-state index in [9.17, 15) is 0 Å². The zero-order valence-electron chi connectivity index (χ0n) is 12.9. The third kappa shape index (κ3) is 2.65. The molecule has 0 radical (unpaired) electrons. The molecule has 114 valence electrons. The van der Waals surface area contributed by atoms with E-state index >= 15 is 0 Å². The third-order valence-electron chi connectivity index (χ3n) is 6.47. The number of fused-ring (bicyclic) bond motifs is 1. The van der Waals surface area contributed by atoms with Crippen LogP contribution < -0.4 is 5.32 Å². The number of piperidine rings is 2. The minimum atomic E-state index is 0.837. The van der Waals surface area contributed by atoms with Crippen molar-refractivity contribution in [1.82, 2.24) is 15.1 Å². The molecule has 3 heteroatoms. The van der Waals surface area contributed by atoms with Crippen molar-refractivity contribution in [3.8, 4) is 0 Å². The van der Waals surface area contributed by atoms with Gasteiger partial charge in [-0.15, -0.1) is 0 Å². The number of likely N-dealkylation sites (tertiary alicyclic amines) is 1. The molecule has 0 aliphatic carbocycles. The maximum absolute atomic E-state index is 3.75. The highest BCUT2D eigenvalue weighted by atomic mass is 15.2. The second-order valence-electron chi connectivity index (χ2n) is 7.61. The second kappa shape index (κ2) is 5.94. The van der Waals surface area contributed by atoms with E-state index in [1.165, 1.54) is 84.1 Å². The van der Waals surface area contributed by atoms with Crippen LogP contribution in [0, 0.1) is 5.92 Å². The first-order chi connectivity index (χ1) is 9.90. The van der Waals surface area contributed by atoms with E-state index in [1.807, 2.05) is 0 Å². The van der Waals surface area contributed by atoms with Crippen molar-refractivity contribution in [2.45, 2.75) is 69.5 Å². The highest BCUT2D eigenvalue weighted by molar-refractivity contribution is 4.93. The van der Waals surface area contributed by atoms with Gasteiger partial charge in [0, 0.05) is 24.7 Å². The summed E-state index contributed by atoms with van der Waals surface area (Å²) >= 11 is 0. The minimum Gasteiger partial charge on any atom is -0.314 e.